The molecule has 0 unspecified atom stereocenters. The quantitative estimate of drug-likeness (QED) is 0.791. The molecule has 3 rings (SSSR count). The molecular formula is C19H28N2O5S. The predicted octanol–water partition coefficient (Wildman–Crippen LogP) is 1.70. The molecular weight excluding hydrogens is 368 g/mol. The highest BCUT2D eigenvalue weighted by Crippen LogP contribution is 2.30. The topological polar surface area (TPSA) is 84.9 Å². The molecule has 0 aromatic heterocycles. The molecule has 1 amide bonds. The van der Waals surface area contributed by atoms with Crippen molar-refractivity contribution in [3.8, 4) is 5.75 Å². The van der Waals surface area contributed by atoms with E-state index in [1.165, 1.54) is 11.4 Å². The zero-order chi connectivity index (χ0) is 19.4. The van der Waals surface area contributed by atoms with E-state index in [0.29, 0.717) is 31.7 Å². The number of ether oxygens (including phenoxy) is 2. The molecule has 1 N–H and O–H groups in total. The summed E-state index contributed by atoms with van der Waals surface area (Å²) in [7, 11) is -2.26. The lowest BCUT2D eigenvalue weighted by Crippen LogP contribution is -2.46. The number of piperidine rings is 1. The van der Waals surface area contributed by atoms with Crippen LogP contribution in [0.3, 0.4) is 0 Å². The molecule has 0 radical (unpaired) electrons. The van der Waals surface area contributed by atoms with Crippen molar-refractivity contribution in [3.63, 3.8) is 0 Å². The third-order valence-corrected chi connectivity index (χ3v) is 7.11. The molecule has 150 valence electrons. The number of hydrogen-bond acceptors (Lipinski definition) is 5. The zero-order valence-corrected chi connectivity index (χ0v) is 16.8. The predicted molar refractivity (Wildman–Crippen MR) is 101 cm³/mol. The first-order chi connectivity index (χ1) is 12.9. The second kappa shape index (κ2) is 8.58. The average molecular weight is 397 g/mol. The van der Waals surface area contributed by atoms with E-state index in [9.17, 15) is 13.2 Å². The van der Waals surface area contributed by atoms with Crippen LogP contribution in [0.5, 0.6) is 5.75 Å². The van der Waals surface area contributed by atoms with Gasteiger partial charge in [-0.05, 0) is 50.3 Å². The van der Waals surface area contributed by atoms with Crippen LogP contribution < -0.4 is 10.1 Å². The molecule has 1 aromatic rings. The van der Waals surface area contributed by atoms with Gasteiger partial charge in [0.05, 0.1) is 19.1 Å². The first-order valence-corrected chi connectivity index (χ1v) is 10.9. The third-order valence-electron chi connectivity index (χ3n) is 5.22. The van der Waals surface area contributed by atoms with E-state index in [0.717, 1.165) is 25.0 Å². The van der Waals surface area contributed by atoms with Gasteiger partial charge in [0.2, 0.25) is 15.9 Å². The SMILES string of the molecule is COc1ccc(C)cc1S(=O)(=O)N1CCC[C@H](C(=O)NC[C@H]2CCCO2)C1. The molecule has 0 aliphatic carbocycles. The van der Waals surface area contributed by atoms with Crippen molar-refractivity contribution in [3.05, 3.63) is 23.8 Å². The van der Waals surface area contributed by atoms with Gasteiger partial charge in [0.25, 0.3) is 0 Å². The van der Waals surface area contributed by atoms with Crippen molar-refractivity contribution in [1.82, 2.24) is 9.62 Å². The van der Waals surface area contributed by atoms with Gasteiger partial charge in [-0.2, -0.15) is 4.31 Å². The van der Waals surface area contributed by atoms with E-state index in [2.05, 4.69) is 5.32 Å². The van der Waals surface area contributed by atoms with Crippen LogP contribution in [0.4, 0.5) is 0 Å². The fourth-order valence-electron chi connectivity index (χ4n) is 3.66. The highest BCUT2D eigenvalue weighted by molar-refractivity contribution is 7.89. The van der Waals surface area contributed by atoms with Gasteiger partial charge in [-0.1, -0.05) is 6.07 Å². The summed E-state index contributed by atoms with van der Waals surface area (Å²) in [6.07, 6.45) is 3.40. The molecule has 0 saturated carbocycles. The Morgan fingerprint density at radius 2 is 2.15 bits per heavy atom. The van der Waals surface area contributed by atoms with Gasteiger partial charge < -0.3 is 14.8 Å². The minimum Gasteiger partial charge on any atom is -0.495 e. The van der Waals surface area contributed by atoms with Gasteiger partial charge in [-0.25, -0.2) is 8.42 Å². The van der Waals surface area contributed by atoms with Crippen LogP contribution in [-0.4, -0.2) is 58.1 Å². The Morgan fingerprint density at radius 3 is 2.85 bits per heavy atom. The second-order valence-electron chi connectivity index (χ2n) is 7.24. The van der Waals surface area contributed by atoms with Crippen LogP contribution >= 0.6 is 0 Å². The normalized spacial score (nSPS) is 23.9. The Morgan fingerprint density at radius 1 is 1.33 bits per heavy atom. The van der Waals surface area contributed by atoms with Crippen molar-refractivity contribution in [2.75, 3.05) is 33.4 Å². The number of amides is 1. The van der Waals surface area contributed by atoms with Gasteiger partial charge in [-0.15, -0.1) is 0 Å². The lowest BCUT2D eigenvalue weighted by atomic mass is 9.99. The lowest BCUT2D eigenvalue weighted by Gasteiger charge is -2.31. The number of hydrogen-bond donors (Lipinski definition) is 1. The molecule has 1 aromatic carbocycles. The molecule has 0 spiro atoms. The Labute approximate surface area is 161 Å². The maximum atomic E-state index is 13.1. The van der Waals surface area contributed by atoms with Crippen LogP contribution in [0.2, 0.25) is 0 Å². The lowest BCUT2D eigenvalue weighted by molar-refractivity contribution is -0.126. The maximum absolute atomic E-state index is 13.1. The monoisotopic (exact) mass is 396 g/mol. The minimum atomic E-state index is -3.72. The van der Waals surface area contributed by atoms with Crippen LogP contribution in [0.15, 0.2) is 23.1 Å². The number of nitrogens with one attached hydrogen (secondary N) is 1. The molecule has 2 aliphatic rings. The number of carbonyl (C=O) groups excluding carboxylic acids is 1. The summed E-state index contributed by atoms with van der Waals surface area (Å²) < 4.78 is 38.5. The molecule has 2 fully saturated rings. The second-order valence-corrected chi connectivity index (χ2v) is 9.14. The maximum Gasteiger partial charge on any atom is 0.246 e. The molecule has 2 atom stereocenters. The Kier molecular flexibility index (Phi) is 6.39. The van der Waals surface area contributed by atoms with Gasteiger partial charge in [0.1, 0.15) is 10.6 Å². The van der Waals surface area contributed by atoms with E-state index in [-0.39, 0.29) is 29.4 Å². The number of rotatable bonds is 6. The molecule has 27 heavy (non-hydrogen) atoms. The largest absolute Gasteiger partial charge is 0.495 e. The molecule has 2 saturated heterocycles. The summed E-state index contributed by atoms with van der Waals surface area (Å²) >= 11 is 0. The number of sulfonamides is 1. The average Bonchev–Trinajstić information content (AvgIpc) is 3.19. The van der Waals surface area contributed by atoms with Crippen LogP contribution in [0, 0.1) is 12.8 Å². The van der Waals surface area contributed by atoms with Crippen molar-refractivity contribution in [2.45, 2.75) is 43.6 Å². The number of benzene rings is 1. The van der Waals surface area contributed by atoms with Gasteiger partial charge >= 0.3 is 0 Å². The van der Waals surface area contributed by atoms with Gasteiger partial charge in [0, 0.05) is 26.2 Å². The number of aryl methyl sites for hydroxylation is 1. The molecule has 2 aliphatic heterocycles. The summed E-state index contributed by atoms with van der Waals surface area (Å²) in [5.74, 6) is -0.113. The highest BCUT2D eigenvalue weighted by Gasteiger charge is 2.35. The number of carbonyl (C=O) groups is 1. The van der Waals surface area contributed by atoms with Gasteiger partial charge in [0.15, 0.2) is 0 Å². The molecule has 2 heterocycles. The highest BCUT2D eigenvalue weighted by atomic mass is 32.2. The summed E-state index contributed by atoms with van der Waals surface area (Å²) in [4.78, 5) is 12.7. The fraction of sp³-hybridized carbons (Fsp3) is 0.632. The third kappa shape index (κ3) is 4.62. The van der Waals surface area contributed by atoms with Crippen LogP contribution in [0.25, 0.3) is 0 Å². The van der Waals surface area contributed by atoms with Crippen molar-refractivity contribution in [1.29, 1.82) is 0 Å². The summed E-state index contributed by atoms with van der Waals surface area (Å²) in [5, 5.41) is 2.93. The van der Waals surface area contributed by atoms with Crippen molar-refractivity contribution < 1.29 is 22.7 Å². The molecule has 0 bridgehead atoms. The first kappa shape index (κ1) is 20.1. The first-order valence-electron chi connectivity index (χ1n) is 9.46. The molecule has 7 nitrogen and oxygen atoms in total. The number of methoxy groups -OCH3 is 1. The Balaban J connectivity index is 1.69. The smallest absolute Gasteiger partial charge is 0.246 e. The Bertz CT molecular complexity index is 774. The summed E-state index contributed by atoms with van der Waals surface area (Å²) in [5.41, 5.74) is 0.845. The summed E-state index contributed by atoms with van der Waals surface area (Å²) in [6, 6.07) is 5.10. The van der Waals surface area contributed by atoms with Gasteiger partial charge in [-0.3, -0.25) is 4.79 Å². The van der Waals surface area contributed by atoms with E-state index >= 15 is 0 Å². The number of nitrogens with zero attached hydrogens (tertiary/aromatic N) is 1. The summed E-state index contributed by atoms with van der Waals surface area (Å²) in [6.45, 7) is 3.68. The van der Waals surface area contributed by atoms with E-state index in [1.807, 2.05) is 13.0 Å². The van der Waals surface area contributed by atoms with E-state index < -0.39 is 10.0 Å². The van der Waals surface area contributed by atoms with Crippen molar-refractivity contribution >= 4 is 15.9 Å². The fourth-order valence-corrected chi connectivity index (χ4v) is 5.43. The zero-order valence-electron chi connectivity index (χ0n) is 15.9. The standard InChI is InChI=1S/C19H28N2O5S/c1-14-7-8-17(25-2)18(11-14)27(23,24)21-9-3-5-15(13-21)19(22)20-12-16-6-4-10-26-16/h7-8,11,15-16H,3-6,9-10,12-13H2,1-2H3,(H,20,22)/t15-,16+/m0/s1. The van der Waals surface area contributed by atoms with Crippen LogP contribution in [-0.2, 0) is 19.6 Å². The van der Waals surface area contributed by atoms with Crippen molar-refractivity contribution in [2.24, 2.45) is 5.92 Å². The molecule has 8 heteroatoms. The minimum absolute atomic E-state index is 0.0777. The van der Waals surface area contributed by atoms with E-state index in [1.54, 1.807) is 12.1 Å². The van der Waals surface area contributed by atoms with Crippen LogP contribution in [0.1, 0.15) is 31.2 Å². The Hall–Kier alpha value is -1.64. The van der Waals surface area contributed by atoms with E-state index in [4.69, 9.17) is 9.47 Å².